The van der Waals surface area contributed by atoms with Crippen LogP contribution in [0.25, 0.3) is 11.3 Å². The van der Waals surface area contributed by atoms with Crippen molar-refractivity contribution in [2.45, 2.75) is 40.2 Å². The van der Waals surface area contributed by atoms with Crippen LogP contribution in [0.1, 0.15) is 37.4 Å². The number of aryl methyl sites for hydroxylation is 2. The first-order valence-electron chi connectivity index (χ1n) is 6.45. The fourth-order valence-electron chi connectivity index (χ4n) is 1.93. The van der Waals surface area contributed by atoms with E-state index in [2.05, 4.69) is 51.0 Å². The van der Waals surface area contributed by atoms with Gasteiger partial charge in [0.15, 0.2) is 0 Å². The lowest BCUT2D eigenvalue weighted by Gasteiger charge is -2.08. The maximum Gasteiger partial charge on any atom is 0.115 e. The van der Waals surface area contributed by atoms with Crippen LogP contribution in [-0.2, 0) is 0 Å². The first-order valence-corrected chi connectivity index (χ1v) is 6.45. The van der Waals surface area contributed by atoms with E-state index < -0.39 is 0 Å². The minimum atomic E-state index is 0.382. The van der Waals surface area contributed by atoms with E-state index in [0.29, 0.717) is 6.04 Å². The second-order valence-corrected chi connectivity index (χ2v) is 4.97. The molecule has 1 aromatic heterocycles. The molecular weight excluding hydrogens is 222 g/mol. The third-order valence-corrected chi connectivity index (χ3v) is 3.58. The van der Waals surface area contributed by atoms with Crippen LogP contribution < -0.4 is 5.73 Å². The zero-order valence-corrected chi connectivity index (χ0v) is 11.6. The van der Waals surface area contributed by atoms with Gasteiger partial charge in [-0.3, -0.25) is 4.68 Å². The molecule has 0 fully saturated rings. The van der Waals surface area contributed by atoms with Gasteiger partial charge in [-0.05, 0) is 44.4 Å². The van der Waals surface area contributed by atoms with Gasteiger partial charge in [0.25, 0.3) is 0 Å². The lowest BCUT2D eigenvalue weighted by atomic mass is 10.0. The summed E-state index contributed by atoms with van der Waals surface area (Å²) < 4.78 is 1.96. The molecule has 3 nitrogen and oxygen atoms in total. The molecule has 0 bridgehead atoms. The van der Waals surface area contributed by atoms with Gasteiger partial charge < -0.3 is 5.73 Å². The smallest absolute Gasteiger partial charge is 0.115 e. The number of nitrogens with two attached hydrogens (primary N) is 1. The average molecular weight is 243 g/mol. The average Bonchev–Trinajstić information content (AvgIpc) is 2.74. The molecule has 1 atom stereocenters. The van der Waals surface area contributed by atoms with E-state index in [1.807, 2.05) is 10.9 Å². The Balaban J connectivity index is 2.44. The fraction of sp³-hybridized carbons (Fsp3) is 0.400. The molecule has 18 heavy (non-hydrogen) atoms. The molecule has 0 aliphatic carbocycles. The maximum absolute atomic E-state index is 6.07. The van der Waals surface area contributed by atoms with Crippen LogP contribution in [0.2, 0.25) is 0 Å². The van der Waals surface area contributed by atoms with Crippen LogP contribution in [0.3, 0.4) is 0 Å². The molecule has 0 aliphatic heterocycles. The van der Waals surface area contributed by atoms with Gasteiger partial charge in [-0.15, -0.1) is 0 Å². The molecule has 0 aliphatic rings. The Morgan fingerprint density at radius 3 is 2.61 bits per heavy atom. The van der Waals surface area contributed by atoms with Gasteiger partial charge in [0.1, 0.15) is 5.69 Å². The lowest BCUT2D eigenvalue weighted by Crippen LogP contribution is -2.04. The standard InChI is InChI=1S/C15H21N3/c1-5-12(4)18-9-14(16)15(17-18)13-7-6-10(2)11(3)8-13/h6-9,12H,5,16H2,1-4H3. The van der Waals surface area contributed by atoms with Crippen molar-refractivity contribution in [1.29, 1.82) is 0 Å². The van der Waals surface area contributed by atoms with Gasteiger partial charge in [-0.25, -0.2) is 0 Å². The molecule has 1 heterocycles. The Labute approximate surface area is 109 Å². The summed E-state index contributed by atoms with van der Waals surface area (Å²) in [5, 5.41) is 4.61. The van der Waals surface area contributed by atoms with Crippen molar-refractivity contribution in [3.05, 3.63) is 35.5 Å². The predicted molar refractivity (Wildman–Crippen MR) is 76.6 cm³/mol. The molecule has 3 heteroatoms. The zero-order valence-electron chi connectivity index (χ0n) is 11.6. The molecule has 96 valence electrons. The monoisotopic (exact) mass is 243 g/mol. The molecule has 0 spiro atoms. The van der Waals surface area contributed by atoms with E-state index in [0.717, 1.165) is 23.4 Å². The summed E-state index contributed by atoms with van der Waals surface area (Å²) in [5.74, 6) is 0. The highest BCUT2D eigenvalue weighted by Gasteiger charge is 2.11. The second-order valence-electron chi connectivity index (χ2n) is 4.97. The van der Waals surface area contributed by atoms with Crippen molar-refractivity contribution in [2.75, 3.05) is 5.73 Å². The molecule has 2 N–H and O–H groups in total. The number of benzene rings is 1. The highest BCUT2D eigenvalue weighted by Crippen LogP contribution is 2.27. The number of rotatable bonds is 3. The molecule has 0 amide bonds. The molecular formula is C15H21N3. The fourth-order valence-corrected chi connectivity index (χ4v) is 1.93. The number of aromatic nitrogens is 2. The van der Waals surface area contributed by atoms with Crippen molar-refractivity contribution in [3.8, 4) is 11.3 Å². The van der Waals surface area contributed by atoms with Crippen molar-refractivity contribution >= 4 is 5.69 Å². The van der Waals surface area contributed by atoms with Crippen LogP contribution in [0, 0.1) is 13.8 Å². The predicted octanol–water partition coefficient (Wildman–Crippen LogP) is 3.72. The van der Waals surface area contributed by atoms with Crippen molar-refractivity contribution in [3.63, 3.8) is 0 Å². The van der Waals surface area contributed by atoms with E-state index >= 15 is 0 Å². The molecule has 0 saturated carbocycles. The van der Waals surface area contributed by atoms with Crippen LogP contribution in [0.4, 0.5) is 5.69 Å². The molecule has 2 aromatic rings. The highest BCUT2D eigenvalue weighted by molar-refractivity contribution is 5.72. The Kier molecular flexibility index (Phi) is 3.41. The first kappa shape index (κ1) is 12.7. The van der Waals surface area contributed by atoms with Crippen LogP contribution >= 0.6 is 0 Å². The van der Waals surface area contributed by atoms with E-state index in [-0.39, 0.29) is 0 Å². The summed E-state index contributed by atoms with van der Waals surface area (Å²) in [6.07, 6.45) is 2.98. The minimum Gasteiger partial charge on any atom is -0.396 e. The number of nitrogens with zero attached hydrogens (tertiary/aromatic N) is 2. The number of hydrogen-bond donors (Lipinski definition) is 1. The number of hydrogen-bond acceptors (Lipinski definition) is 2. The molecule has 1 unspecified atom stereocenters. The molecule has 0 radical (unpaired) electrons. The normalized spacial score (nSPS) is 12.7. The van der Waals surface area contributed by atoms with Gasteiger partial charge in [0.2, 0.25) is 0 Å². The quantitative estimate of drug-likeness (QED) is 0.892. The topological polar surface area (TPSA) is 43.8 Å². The minimum absolute atomic E-state index is 0.382. The number of anilines is 1. The Morgan fingerprint density at radius 2 is 2.00 bits per heavy atom. The van der Waals surface area contributed by atoms with E-state index in [4.69, 9.17) is 5.73 Å². The summed E-state index contributed by atoms with van der Waals surface area (Å²) in [6.45, 7) is 8.52. The van der Waals surface area contributed by atoms with E-state index in [1.165, 1.54) is 11.1 Å². The Morgan fingerprint density at radius 1 is 1.28 bits per heavy atom. The van der Waals surface area contributed by atoms with Crippen LogP contribution in [-0.4, -0.2) is 9.78 Å². The van der Waals surface area contributed by atoms with Gasteiger partial charge in [0, 0.05) is 17.8 Å². The van der Waals surface area contributed by atoms with Gasteiger partial charge >= 0.3 is 0 Å². The highest BCUT2D eigenvalue weighted by atomic mass is 15.3. The molecule has 0 saturated heterocycles. The number of nitrogen functional groups attached to an aromatic ring is 1. The second kappa shape index (κ2) is 4.84. The van der Waals surface area contributed by atoms with E-state index in [9.17, 15) is 0 Å². The molecule has 1 aromatic carbocycles. The first-order chi connectivity index (χ1) is 8.52. The zero-order chi connectivity index (χ0) is 13.3. The van der Waals surface area contributed by atoms with Gasteiger partial charge in [-0.2, -0.15) is 5.10 Å². The summed E-state index contributed by atoms with van der Waals surface area (Å²) in [4.78, 5) is 0. The Hall–Kier alpha value is -1.77. The SMILES string of the molecule is CCC(C)n1cc(N)c(-c2ccc(C)c(C)c2)n1. The van der Waals surface area contributed by atoms with Crippen molar-refractivity contribution < 1.29 is 0 Å². The summed E-state index contributed by atoms with van der Waals surface area (Å²) in [7, 11) is 0. The largest absolute Gasteiger partial charge is 0.396 e. The Bertz CT molecular complexity index is 555. The van der Waals surface area contributed by atoms with Crippen LogP contribution in [0.5, 0.6) is 0 Å². The summed E-state index contributed by atoms with van der Waals surface area (Å²) >= 11 is 0. The summed E-state index contributed by atoms with van der Waals surface area (Å²) in [6, 6.07) is 6.73. The third kappa shape index (κ3) is 2.26. The van der Waals surface area contributed by atoms with Crippen molar-refractivity contribution in [1.82, 2.24) is 9.78 Å². The van der Waals surface area contributed by atoms with Gasteiger partial charge in [0.05, 0.1) is 5.69 Å². The van der Waals surface area contributed by atoms with Gasteiger partial charge in [-0.1, -0.05) is 19.1 Å². The van der Waals surface area contributed by atoms with Crippen molar-refractivity contribution in [2.24, 2.45) is 0 Å². The van der Waals surface area contributed by atoms with E-state index in [1.54, 1.807) is 0 Å². The summed E-state index contributed by atoms with van der Waals surface area (Å²) in [5.41, 5.74) is 11.4. The lowest BCUT2D eigenvalue weighted by molar-refractivity contribution is 0.479. The maximum atomic E-state index is 6.07. The van der Waals surface area contributed by atoms with Crippen LogP contribution in [0.15, 0.2) is 24.4 Å². The molecule has 2 rings (SSSR count). The third-order valence-electron chi connectivity index (χ3n) is 3.58.